The lowest BCUT2D eigenvalue weighted by Gasteiger charge is -2.14. The van der Waals surface area contributed by atoms with Gasteiger partial charge in [-0.15, -0.1) is 0 Å². The van der Waals surface area contributed by atoms with Crippen molar-refractivity contribution in [3.05, 3.63) is 23.8 Å². The van der Waals surface area contributed by atoms with Crippen LogP contribution in [0.1, 0.15) is 49.4 Å². The van der Waals surface area contributed by atoms with Gasteiger partial charge < -0.3 is 15.8 Å². The maximum absolute atomic E-state index is 12.3. The summed E-state index contributed by atoms with van der Waals surface area (Å²) in [6.07, 6.45) is 6.32. The summed E-state index contributed by atoms with van der Waals surface area (Å²) in [5, 5.41) is 2.97. The van der Waals surface area contributed by atoms with Crippen LogP contribution in [-0.2, 0) is 0 Å². The van der Waals surface area contributed by atoms with Crippen LogP contribution in [-0.4, -0.2) is 19.1 Å². The van der Waals surface area contributed by atoms with Crippen molar-refractivity contribution < 1.29 is 9.53 Å². The van der Waals surface area contributed by atoms with E-state index in [1.54, 1.807) is 18.2 Å². The Hall–Kier alpha value is -1.71. The standard InChI is InChI=1S/C16H24N2O2/c1-2-20-14-9-5-8-13(17)15(14)16(19)18-11-10-12-6-3-4-7-12/h5,8-9,12H,2-4,6-7,10-11,17H2,1H3,(H,18,19). The molecule has 0 spiro atoms. The van der Waals surface area contributed by atoms with Crippen molar-refractivity contribution in [1.29, 1.82) is 0 Å². The molecule has 110 valence electrons. The van der Waals surface area contributed by atoms with E-state index in [2.05, 4.69) is 5.32 Å². The molecule has 0 unspecified atom stereocenters. The second-order valence-corrected chi connectivity index (χ2v) is 5.35. The number of rotatable bonds is 6. The molecule has 1 aliphatic carbocycles. The van der Waals surface area contributed by atoms with Gasteiger partial charge in [0.05, 0.1) is 6.61 Å². The molecule has 4 heteroatoms. The Morgan fingerprint density at radius 2 is 2.15 bits per heavy atom. The summed E-state index contributed by atoms with van der Waals surface area (Å²) in [7, 11) is 0. The van der Waals surface area contributed by atoms with Gasteiger partial charge in [0.2, 0.25) is 0 Å². The van der Waals surface area contributed by atoms with Crippen molar-refractivity contribution >= 4 is 11.6 Å². The number of amides is 1. The highest BCUT2D eigenvalue weighted by molar-refractivity contribution is 6.01. The third-order valence-electron chi connectivity index (χ3n) is 3.90. The molecule has 20 heavy (non-hydrogen) atoms. The van der Waals surface area contributed by atoms with Crippen LogP contribution in [0, 0.1) is 5.92 Å². The molecule has 1 amide bonds. The summed E-state index contributed by atoms with van der Waals surface area (Å²) in [4.78, 5) is 12.3. The van der Waals surface area contributed by atoms with E-state index in [4.69, 9.17) is 10.5 Å². The molecule has 0 aromatic heterocycles. The largest absolute Gasteiger partial charge is 0.493 e. The molecule has 0 heterocycles. The Morgan fingerprint density at radius 1 is 1.40 bits per heavy atom. The lowest BCUT2D eigenvalue weighted by atomic mass is 10.0. The van der Waals surface area contributed by atoms with Crippen LogP contribution in [0.2, 0.25) is 0 Å². The van der Waals surface area contributed by atoms with E-state index in [-0.39, 0.29) is 5.91 Å². The third kappa shape index (κ3) is 3.65. The molecule has 0 aliphatic heterocycles. The normalized spacial score (nSPS) is 15.2. The monoisotopic (exact) mass is 276 g/mol. The smallest absolute Gasteiger partial charge is 0.257 e. The van der Waals surface area contributed by atoms with Crippen molar-refractivity contribution in [2.24, 2.45) is 5.92 Å². The maximum Gasteiger partial charge on any atom is 0.257 e. The van der Waals surface area contributed by atoms with Gasteiger partial charge in [0, 0.05) is 12.2 Å². The van der Waals surface area contributed by atoms with E-state index < -0.39 is 0 Å². The van der Waals surface area contributed by atoms with Gasteiger partial charge in [-0.1, -0.05) is 31.7 Å². The number of hydrogen-bond donors (Lipinski definition) is 2. The van der Waals surface area contributed by atoms with Crippen LogP contribution >= 0.6 is 0 Å². The molecule has 2 rings (SSSR count). The fourth-order valence-electron chi connectivity index (χ4n) is 2.84. The van der Waals surface area contributed by atoms with E-state index in [9.17, 15) is 4.79 Å². The van der Waals surface area contributed by atoms with Gasteiger partial charge in [0.15, 0.2) is 0 Å². The summed E-state index contributed by atoms with van der Waals surface area (Å²) in [5.74, 6) is 1.20. The summed E-state index contributed by atoms with van der Waals surface area (Å²) in [6.45, 7) is 3.13. The van der Waals surface area contributed by atoms with Gasteiger partial charge in [-0.3, -0.25) is 4.79 Å². The van der Waals surface area contributed by atoms with E-state index in [0.29, 0.717) is 30.2 Å². The minimum absolute atomic E-state index is 0.135. The predicted molar refractivity (Wildman–Crippen MR) is 80.9 cm³/mol. The number of nitrogens with one attached hydrogen (secondary N) is 1. The molecule has 3 N–H and O–H groups in total. The summed E-state index contributed by atoms with van der Waals surface area (Å²) >= 11 is 0. The highest BCUT2D eigenvalue weighted by atomic mass is 16.5. The number of nitrogens with two attached hydrogens (primary N) is 1. The van der Waals surface area contributed by atoms with Crippen molar-refractivity contribution in [2.75, 3.05) is 18.9 Å². The number of anilines is 1. The molecule has 0 atom stereocenters. The average molecular weight is 276 g/mol. The first-order valence-electron chi connectivity index (χ1n) is 7.52. The first-order chi connectivity index (χ1) is 9.72. The number of carbonyl (C=O) groups is 1. The Morgan fingerprint density at radius 3 is 2.85 bits per heavy atom. The average Bonchev–Trinajstić information content (AvgIpc) is 2.92. The van der Waals surface area contributed by atoms with Gasteiger partial charge in [0.1, 0.15) is 11.3 Å². The second-order valence-electron chi connectivity index (χ2n) is 5.35. The van der Waals surface area contributed by atoms with Gasteiger partial charge in [-0.05, 0) is 31.4 Å². The van der Waals surface area contributed by atoms with Crippen molar-refractivity contribution in [1.82, 2.24) is 5.32 Å². The molecular weight excluding hydrogens is 252 g/mol. The molecule has 4 nitrogen and oxygen atoms in total. The number of benzene rings is 1. The number of carbonyl (C=O) groups excluding carboxylic acids is 1. The van der Waals surface area contributed by atoms with E-state index >= 15 is 0 Å². The van der Waals surface area contributed by atoms with E-state index in [0.717, 1.165) is 12.3 Å². The van der Waals surface area contributed by atoms with Crippen LogP contribution in [0.4, 0.5) is 5.69 Å². The Labute approximate surface area is 120 Å². The third-order valence-corrected chi connectivity index (χ3v) is 3.90. The van der Waals surface area contributed by atoms with Gasteiger partial charge in [-0.25, -0.2) is 0 Å². The van der Waals surface area contributed by atoms with Crippen LogP contribution in [0.15, 0.2) is 18.2 Å². The predicted octanol–water partition coefficient (Wildman–Crippen LogP) is 2.98. The summed E-state index contributed by atoms with van der Waals surface area (Å²) in [5.41, 5.74) is 6.83. The molecule has 1 aromatic carbocycles. The zero-order valence-electron chi connectivity index (χ0n) is 12.2. The molecule has 0 radical (unpaired) electrons. The fraction of sp³-hybridized carbons (Fsp3) is 0.562. The molecular formula is C16H24N2O2. The van der Waals surface area contributed by atoms with E-state index in [1.165, 1.54) is 25.7 Å². The van der Waals surface area contributed by atoms with Gasteiger partial charge in [-0.2, -0.15) is 0 Å². The lowest BCUT2D eigenvalue weighted by Crippen LogP contribution is -2.27. The van der Waals surface area contributed by atoms with Crippen LogP contribution in [0.25, 0.3) is 0 Å². The number of nitrogen functional groups attached to an aromatic ring is 1. The second kappa shape index (κ2) is 7.17. The molecule has 0 bridgehead atoms. The number of ether oxygens (including phenoxy) is 1. The quantitative estimate of drug-likeness (QED) is 0.785. The Bertz CT molecular complexity index is 454. The van der Waals surface area contributed by atoms with Crippen molar-refractivity contribution in [2.45, 2.75) is 39.0 Å². The highest BCUT2D eigenvalue weighted by Gasteiger charge is 2.18. The van der Waals surface area contributed by atoms with Crippen LogP contribution in [0.3, 0.4) is 0 Å². The molecule has 1 aromatic rings. The molecule has 1 aliphatic rings. The lowest BCUT2D eigenvalue weighted by molar-refractivity contribution is 0.0948. The minimum Gasteiger partial charge on any atom is -0.493 e. The Balaban J connectivity index is 1.93. The Kier molecular flexibility index (Phi) is 5.27. The van der Waals surface area contributed by atoms with E-state index in [1.807, 2.05) is 6.92 Å². The zero-order chi connectivity index (χ0) is 14.4. The molecule has 0 saturated heterocycles. The molecule has 1 saturated carbocycles. The van der Waals surface area contributed by atoms with Crippen LogP contribution in [0.5, 0.6) is 5.75 Å². The summed E-state index contributed by atoms with van der Waals surface area (Å²) < 4.78 is 5.48. The highest BCUT2D eigenvalue weighted by Crippen LogP contribution is 2.27. The van der Waals surface area contributed by atoms with Crippen LogP contribution < -0.4 is 15.8 Å². The first-order valence-corrected chi connectivity index (χ1v) is 7.52. The SMILES string of the molecule is CCOc1cccc(N)c1C(=O)NCCC1CCCC1. The topological polar surface area (TPSA) is 64.3 Å². The van der Waals surface area contributed by atoms with Gasteiger partial charge >= 0.3 is 0 Å². The summed E-state index contributed by atoms with van der Waals surface area (Å²) in [6, 6.07) is 5.32. The maximum atomic E-state index is 12.3. The number of hydrogen-bond acceptors (Lipinski definition) is 3. The first kappa shape index (κ1) is 14.7. The van der Waals surface area contributed by atoms with Crippen molar-refractivity contribution in [3.8, 4) is 5.75 Å². The molecule has 1 fully saturated rings. The zero-order valence-corrected chi connectivity index (χ0v) is 12.2. The minimum atomic E-state index is -0.135. The fourth-order valence-corrected chi connectivity index (χ4v) is 2.84. The van der Waals surface area contributed by atoms with Crippen molar-refractivity contribution in [3.63, 3.8) is 0 Å². The van der Waals surface area contributed by atoms with Gasteiger partial charge in [0.25, 0.3) is 5.91 Å².